The standard InChI is InChI=1S/C13H14OS/c1-11(12-6-3-2-4-7-12)14-10-13-8-5-9-15-13/h2-9,11H,10H2,1H3. The highest BCUT2D eigenvalue weighted by molar-refractivity contribution is 7.09. The largest absolute Gasteiger partial charge is 0.368 e. The van der Waals surface area contributed by atoms with Crippen LogP contribution in [-0.4, -0.2) is 0 Å². The number of thiophene rings is 1. The van der Waals surface area contributed by atoms with Gasteiger partial charge in [0.25, 0.3) is 0 Å². The Hall–Kier alpha value is -1.12. The molecule has 0 aliphatic heterocycles. The maximum atomic E-state index is 5.78. The van der Waals surface area contributed by atoms with E-state index < -0.39 is 0 Å². The molecule has 0 radical (unpaired) electrons. The molecular formula is C13H14OS. The summed E-state index contributed by atoms with van der Waals surface area (Å²) < 4.78 is 5.78. The van der Waals surface area contributed by atoms with Gasteiger partial charge in [-0.3, -0.25) is 0 Å². The van der Waals surface area contributed by atoms with Crippen LogP contribution in [0.25, 0.3) is 0 Å². The molecule has 1 nitrogen and oxygen atoms in total. The molecule has 1 atom stereocenters. The Morgan fingerprint density at radius 3 is 2.60 bits per heavy atom. The Morgan fingerprint density at radius 1 is 1.13 bits per heavy atom. The fourth-order valence-corrected chi connectivity index (χ4v) is 2.05. The van der Waals surface area contributed by atoms with E-state index in [2.05, 4.69) is 36.6 Å². The lowest BCUT2D eigenvalue weighted by Gasteiger charge is -2.12. The summed E-state index contributed by atoms with van der Waals surface area (Å²) in [4.78, 5) is 1.28. The summed E-state index contributed by atoms with van der Waals surface area (Å²) in [5, 5.41) is 2.08. The Kier molecular flexibility index (Phi) is 3.54. The van der Waals surface area contributed by atoms with Crippen LogP contribution >= 0.6 is 11.3 Å². The van der Waals surface area contributed by atoms with Gasteiger partial charge in [-0.1, -0.05) is 36.4 Å². The van der Waals surface area contributed by atoms with Gasteiger partial charge in [0.05, 0.1) is 12.7 Å². The number of benzene rings is 1. The van der Waals surface area contributed by atoms with Crippen molar-refractivity contribution in [1.82, 2.24) is 0 Å². The van der Waals surface area contributed by atoms with Crippen molar-refractivity contribution in [3.8, 4) is 0 Å². The van der Waals surface area contributed by atoms with Crippen molar-refractivity contribution in [3.63, 3.8) is 0 Å². The number of hydrogen-bond acceptors (Lipinski definition) is 2. The third kappa shape index (κ3) is 2.91. The molecule has 2 heteroatoms. The highest BCUT2D eigenvalue weighted by atomic mass is 32.1. The minimum atomic E-state index is 0.160. The third-order valence-electron chi connectivity index (χ3n) is 2.32. The minimum Gasteiger partial charge on any atom is -0.368 e. The fraction of sp³-hybridized carbons (Fsp3) is 0.231. The van der Waals surface area contributed by atoms with E-state index in [1.807, 2.05) is 18.2 Å². The van der Waals surface area contributed by atoms with Crippen LogP contribution in [0.3, 0.4) is 0 Å². The molecule has 2 rings (SSSR count). The summed E-state index contributed by atoms with van der Waals surface area (Å²) in [5.74, 6) is 0. The van der Waals surface area contributed by atoms with Crippen LogP contribution in [0, 0.1) is 0 Å². The molecule has 2 aromatic rings. The van der Waals surface area contributed by atoms with Crippen LogP contribution in [0.4, 0.5) is 0 Å². The summed E-state index contributed by atoms with van der Waals surface area (Å²) in [7, 11) is 0. The summed E-state index contributed by atoms with van der Waals surface area (Å²) in [5.41, 5.74) is 1.23. The maximum absolute atomic E-state index is 5.78. The average molecular weight is 218 g/mol. The van der Waals surface area contributed by atoms with Gasteiger partial charge in [0, 0.05) is 4.88 Å². The van der Waals surface area contributed by atoms with E-state index in [0.29, 0.717) is 6.61 Å². The zero-order valence-corrected chi connectivity index (χ0v) is 9.54. The first-order chi connectivity index (χ1) is 7.36. The van der Waals surface area contributed by atoms with Crippen molar-refractivity contribution in [2.45, 2.75) is 19.6 Å². The first kappa shape index (κ1) is 10.4. The zero-order chi connectivity index (χ0) is 10.5. The van der Waals surface area contributed by atoms with E-state index in [1.165, 1.54) is 10.4 Å². The van der Waals surface area contributed by atoms with Gasteiger partial charge >= 0.3 is 0 Å². The van der Waals surface area contributed by atoms with Gasteiger partial charge < -0.3 is 4.74 Å². The van der Waals surface area contributed by atoms with E-state index in [4.69, 9.17) is 4.74 Å². The fourth-order valence-electron chi connectivity index (χ4n) is 1.42. The second-order valence-corrected chi connectivity index (χ2v) is 4.48. The lowest BCUT2D eigenvalue weighted by molar-refractivity contribution is 0.0542. The molecule has 0 spiro atoms. The van der Waals surface area contributed by atoms with Crippen molar-refractivity contribution in [3.05, 3.63) is 58.3 Å². The molecule has 0 aliphatic rings. The molecule has 0 saturated heterocycles. The monoisotopic (exact) mass is 218 g/mol. The van der Waals surface area contributed by atoms with Gasteiger partial charge in [0.1, 0.15) is 0 Å². The molecule has 0 bridgehead atoms. The SMILES string of the molecule is CC(OCc1cccs1)c1ccccc1. The van der Waals surface area contributed by atoms with E-state index >= 15 is 0 Å². The predicted molar refractivity (Wildman–Crippen MR) is 64.0 cm³/mol. The molecule has 1 unspecified atom stereocenters. The van der Waals surface area contributed by atoms with Gasteiger partial charge in [-0.05, 0) is 23.9 Å². The first-order valence-corrected chi connectivity index (χ1v) is 5.93. The highest BCUT2D eigenvalue weighted by Gasteiger charge is 2.04. The summed E-state index contributed by atoms with van der Waals surface area (Å²) >= 11 is 1.74. The van der Waals surface area contributed by atoms with Crippen molar-refractivity contribution >= 4 is 11.3 Å². The second kappa shape index (κ2) is 5.10. The molecule has 1 heterocycles. The van der Waals surface area contributed by atoms with Gasteiger partial charge in [-0.15, -0.1) is 11.3 Å². The molecule has 1 aromatic carbocycles. The lowest BCUT2D eigenvalue weighted by atomic mass is 10.1. The molecule has 0 amide bonds. The zero-order valence-electron chi connectivity index (χ0n) is 8.72. The van der Waals surface area contributed by atoms with Crippen LogP contribution in [0.5, 0.6) is 0 Å². The smallest absolute Gasteiger partial charge is 0.0817 e. The molecule has 78 valence electrons. The van der Waals surface area contributed by atoms with Crippen molar-refractivity contribution in [2.24, 2.45) is 0 Å². The van der Waals surface area contributed by atoms with Crippen LogP contribution in [0.15, 0.2) is 47.8 Å². The van der Waals surface area contributed by atoms with Gasteiger partial charge in [0.15, 0.2) is 0 Å². The van der Waals surface area contributed by atoms with Crippen LogP contribution in [0.1, 0.15) is 23.5 Å². The lowest BCUT2D eigenvalue weighted by Crippen LogP contribution is -1.98. The summed E-state index contributed by atoms with van der Waals surface area (Å²) in [6, 6.07) is 14.5. The molecule has 1 aromatic heterocycles. The first-order valence-electron chi connectivity index (χ1n) is 5.05. The molecule has 0 aliphatic carbocycles. The Bertz CT molecular complexity index is 380. The van der Waals surface area contributed by atoms with Gasteiger partial charge in [-0.2, -0.15) is 0 Å². The summed E-state index contributed by atoms with van der Waals surface area (Å²) in [6.07, 6.45) is 0.160. The topological polar surface area (TPSA) is 9.23 Å². The Balaban J connectivity index is 1.90. The van der Waals surface area contributed by atoms with E-state index in [1.54, 1.807) is 11.3 Å². The molecule has 15 heavy (non-hydrogen) atoms. The number of hydrogen-bond donors (Lipinski definition) is 0. The Labute approximate surface area is 94.3 Å². The quantitative estimate of drug-likeness (QED) is 0.753. The molecule has 0 N–H and O–H groups in total. The van der Waals surface area contributed by atoms with Crippen molar-refractivity contribution in [1.29, 1.82) is 0 Å². The Morgan fingerprint density at radius 2 is 1.93 bits per heavy atom. The highest BCUT2D eigenvalue weighted by Crippen LogP contribution is 2.19. The third-order valence-corrected chi connectivity index (χ3v) is 3.17. The van der Waals surface area contributed by atoms with E-state index in [0.717, 1.165) is 0 Å². The number of rotatable bonds is 4. The molecular weight excluding hydrogens is 204 g/mol. The van der Waals surface area contributed by atoms with Crippen molar-refractivity contribution < 1.29 is 4.74 Å². The van der Waals surface area contributed by atoms with Gasteiger partial charge in [0.2, 0.25) is 0 Å². The molecule has 0 saturated carbocycles. The normalized spacial score (nSPS) is 12.6. The maximum Gasteiger partial charge on any atom is 0.0817 e. The van der Waals surface area contributed by atoms with Crippen molar-refractivity contribution in [2.75, 3.05) is 0 Å². The summed E-state index contributed by atoms with van der Waals surface area (Å²) in [6.45, 7) is 2.79. The van der Waals surface area contributed by atoms with Crippen LogP contribution in [-0.2, 0) is 11.3 Å². The average Bonchev–Trinajstić information content (AvgIpc) is 2.80. The minimum absolute atomic E-state index is 0.160. The van der Waals surface area contributed by atoms with E-state index in [-0.39, 0.29) is 6.10 Å². The number of ether oxygens (including phenoxy) is 1. The van der Waals surface area contributed by atoms with Crippen LogP contribution < -0.4 is 0 Å². The van der Waals surface area contributed by atoms with E-state index in [9.17, 15) is 0 Å². The van der Waals surface area contributed by atoms with Gasteiger partial charge in [-0.25, -0.2) is 0 Å². The molecule has 0 fully saturated rings. The second-order valence-electron chi connectivity index (χ2n) is 3.44. The van der Waals surface area contributed by atoms with Crippen LogP contribution in [0.2, 0.25) is 0 Å². The predicted octanol–water partition coefficient (Wildman–Crippen LogP) is 4.03.